The van der Waals surface area contributed by atoms with E-state index in [4.69, 9.17) is 39.5 Å². The second kappa shape index (κ2) is 10.2. The van der Waals surface area contributed by atoms with E-state index in [1.54, 1.807) is 37.7 Å². The molecule has 1 N–H and O–H groups in total. The van der Waals surface area contributed by atoms with Gasteiger partial charge in [0.2, 0.25) is 0 Å². The SMILES string of the molecule is COc1ccc(/C(C)=N\Nc2c(Cl)cc(Cl)cc2Cl)cc1CSc1ncccn1. The third kappa shape index (κ3) is 5.76. The minimum atomic E-state index is 0.397. The number of ether oxygens (including phenoxy) is 1. The summed E-state index contributed by atoms with van der Waals surface area (Å²) in [6, 6.07) is 10.9. The van der Waals surface area contributed by atoms with Gasteiger partial charge in [0, 0.05) is 28.7 Å². The molecule has 0 aliphatic heterocycles. The van der Waals surface area contributed by atoms with Gasteiger partial charge in [0.1, 0.15) is 5.75 Å². The molecule has 150 valence electrons. The predicted octanol–water partition coefficient (Wildman–Crippen LogP) is 6.57. The smallest absolute Gasteiger partial charge is 0.187 e. The molecule has 0 bridgehead atoms. The Hall–Kier alpha value is -1.99. The fraction of sp³-hybridized carbons (Fsp3) is 0.150. The average Bonchev–Trinajstić information content (AvgIpc) is 2.71. The van der Waals surface area contributed by atoms with E-state index in [9.17, 15) is 0 Å². The van der Waals surface area contributed by atoms with E-state index in [1.165, 1.54) is 11.8 Å². The zero-order valence-electron chi connectivity index (χ0n) is 15.6. The molecule has 0 saturated heterocycles. The van der Waals surface area contributed by atoms with Crippen LogP contribution in [-0.2, 0) is 5.75 Å². The summed E-state index contributed by atoms with van der Waals surface area (Å²) >= 11 is 19.9. The first kappa shape index (κ1) is 21.7. The van der Waals surface area contributed by atoms with Gasteiger partial charge in [-0.05, 0) is 48.9 Å². The van der Waals surface area contributed by atoms with Crippen LogP contribution in [0.1, 0.15) is 18.1 Å². The van der Waals surface area contributed by atoms with Crippen LogP contribution in [-0.4, -0.2) is 22.8 Å². The highest BCUT2D eigenvalue weighted by Gasteiger charge is 2.10. The number of methoxy groups -OCH3 is 1. The average molecular weight is 468 g/mol. The van der Waals surface area contributed by atoms with Crippen LogP contribution in [0.5, 0.6) is 5.75 Å². The molecule has 0 radical (unpaired) electrons. The van der Waals surface area contributed by atoms with Crippen molar-refractivity contribution < 1.29 is 4.74 Å². The molecule has 3 aromatic rings. The van der Waals surface area contributed by atoms with Crippen LogP contribution in [0.25, 0.3) is 0 Å². The first-order valence-electron chi connectivity index (χ1n) is 8.50. The predicted molar refractivity (Wildman–Crippen MR) is 122 cm³/mol. The maximum absolute atomic E-state index is 6.20. The first-order valence-corrected chi connectivity index (χ1v) is 10.6. The van der Waals surface area contributed by atoms with Gasteiger partial charge in [0.05, 0.1) is 28.6 Å². The lowest BCUT2D eigenvalue weighted by atomic mass is 10.1. The van der Waals surface area contributed by atoms with Gasteiger partial charge in [0.15, 0.2) is 5.16 Å². The van der Waals surface area contributed by atoms with Crippen LogP contribution >= 0.6 is 46.6 Å². The minimum absolute atomic E-state index is 0.397. The fourth-order valence-electron chi connectivity index (χ4n) is 2.47. The fourth-order valence-corrected chi connectivity index (χ4v) is 4.15. The molecule has 2 aromatic carbocycles. The number of nitrogens with zero attached hydrogens (tertiary/aromatic N) is 3. The van der Waals surface area contributed by atoms with Crippen molar-refractivity contribution in [1.82, 2.24) is 9.97 Å². The van der Waals surface area contributed by atoms with Gasteiger partial charge in [-0.3, -0.25) is 5.43 Å². The Kier molecular flexibility index (Phi) is 7.61. The number of thioether (sulfide) groups is 1. The van der Waals surface area contributed by atoms with E-state index in [0.29, 0.717) is 31.7 Å². The van der Waals surface area contributed by atoms with Crippen LogP contribution in [0.3, 0.4) is 0 Å². The number of anilines is 1. The van der Waals surface area contributed by atoms with Crippen LogP contribution in [0, 0.1) is 0 Å². The van der Waals surface area contributed by atoms with Gasteiger partial charge in [-0.1, -0.05) is 46.6 Å². The van der Waals surface area contributed by atoms with Crippen LogP contribution < -0.4 is 10.2 Å². The molecule has 0 saturated carbocycles. The lowest BCUT2D eigenvalue weighted by Crippen LogP contribution is -2.02. The molecule has 5 nitrogen and oxygen atoms in total. The lowest BCUT2D eigenvalue weighted by molar-refractivity contribution is 0.411. The first-order chi connectivity index (χ1) is 14.0. The van der Waals surface area contributed by atoms with Crippen LogP contribution in [0.4, 0.5) is 5.69 Å². The number of nitrogens with one attached hydrogen (secondary N) is 1. The van der Waals surface area contributed by atoms with Gasteiger partial charge in [-0.25, -0.2) is 9.97 Å². The third-order valence-corrected chi connectivity index (χ3v) is 5.68. The van der Waals surface area contributed by atoms with Crippen LogP contribution in [0.2, 0.25) is 15.1 Å². The van der Waals surface area contributed by atoms with Crippen molar-refractivity contribution in [1.29, 1.82) is 0 Å². The van der Waals surface area contributed by atoms with Gasteiger partial charge >= 0.3 is 0 Å². The van der Waals surface area contributed by atoms with E-state index in [0.717, 1.165) is 22.6 Å². The molecule has 0 aliphatic carbocycles. The van der Waals surface area contributed by atoms with Crippen molar-refractivity contribution in [2.45, 2.75) is 17.8 Å². The Labute approximate surface area is 188 Å². The normalized spacial score (nSPS) is 11.4. The summed E-state index contributed by atoms with van der Waals surface area (Å²) in [5.74, 6) is 1.46. The Morgan fingerprint density at radius 2 is 1.79 bits per heavy atom. The standard InChI is InChI=1S/C20H17Cl3N4OS/c1-12(26-27-19-16(22)9-15(21)10-17(19)23)13-4-5-18(28-2)14(8-13)11-29-20-24-6-3-7-25-20/h3-10,27H,11H2,1-2H3/b26-12-. The molecule has 0 fully saturated rings. The Morgan fingerprint density at radius 3 is 2.45 bits per heavy atom. The van der Waals surface area contributed by atoms with Crippen molar-refractivity contribution in [2.24, 2.45) is 5.10 Å². The molecule has 29 heavy (non-hydrogen) atoms. The highest BCUT2D eigenvalue weighted by atomic mass is 35.5. The van der Waals surface area contributed by atoms with Crippen molar-refractivity contribution in [3.05, 3.63) is 75.0 Å². The van der Waals surface area contributed by atoms with Gasteiger partial charge < -0.3 is 4.74 Å². The summed E-state index contributed by atoms with van der Waals surface area (Å²) < 4.78 is 5.48. The van der Waals surface area contributed by atoms with E-state index in [1.807, 2.05) is 25.1 Å². The quantitative estimate of drug-likeness (QED) is 0.184. The molecule has 3 rings (SSSR count). The van der Waals surface area contributed by atoms with Crippen molar-refractivity contribution in [3.8, 4) is 5.75 Å². The number of hydrazone groups is 1. The highest BCUT2D eigenvalue weighted by Crippen LogP contribution is 2.34. The zero-order valence-corrected chi connectivity index (χ0v) is 18.7. The second-order valence-corrected chi connectivity index (χ2v) is 8.09. The molecule has 0 spiro atoms. The molecule has 0 atom stereocenters. The van der Waals surface area contributed by atoms with E-state index in [-0.39, 0.29) is 0 Å². The zero-order chi connectivity index (χ0) is 20.8. The molecule has 0 amide bonds. The molecule has 1 heterocycles. The Bertz CT molecular complexity index is 1010. The Morgan fingerprint density at radius 1 is 1.10 bits per heavy atom. The van der Waals surface area contributed by atoms with Crippen molar-refractivity contribution in [3.63, 3.8) is 0 Å². The van der Waals surface area contributed by atoms with Gasteiger partial charge in [-0.2, -0.15) is 5.10 Å². The van der Waals surface area contributed by atoms with Crippen LogP contribution in [0.15, 0.2) is 59.0 Å². The number of hydrogen-bond acceptors (Lipinski definition) is 6. The highest BCUT2D eigenvalue weighted by molar-refractivity contribution is 7.98. The summed E-state index contributed by atoms with van der Waals surface area (Å²) in [4.78, 5) is 8.47. The maximum Gasteiger partial charge on any atom is 0.187 e. The number of aromatic nitrogens is 2. The number of halogens is 3. The number of benzene rings is 2. The number of hydrogen-bond donors (Lipinski definition) is 1. The van der Waals surface area contributed by atoms with E-state index < -0.39 is 0 Å². The van der Waals surface area contributed by atoms with Crippen molar-refractivity contribution in [2.75, 3.05) is 12.5 Å². The summed E-state index contributed by atoms with van der Waals surface area (Å²) in [7, 11) is 1.65. The van der Waals surface area contributed by atoms with Gasteiger partial charge in [0.25, 0.3) is 0 Å². The number of rotatable bonds is 7. The second-order valence-electron chi connectivity index (χ2n) is 5.90. The maximum atomic E-state index is 6.20. The topological polar surface area (TPSA) is 59.4 Å². The minimum Gasteiger partial charge on any atom is -0.496 e. The molecule has 1 aromatic heterocycles. The van der Waals surface area contributed by atoms with Gasteiger partial charge in [-0.15, -0.1) is 0 Å². The Balaban J connectivity index is 1.80. The largest absolute Gasteiger partial charge is 0.496 e. The third-order valence-electron chi connectivity index (χ3n) is 3.94. The van der Waals surface area contributed by atoms with Crippen molar-refractivity contribution >= 4 is 58.0 Å². The molecular weight excluding hydrogens is 451 g/mol. The lowest BCUT2D eigenvalue weighted by Gasteiger charge is -2.11. The monoisotopic (exact) mass is 466 g/mol. The molecule has 0 aliphatic rings. The van der Waals surface area contributed by atoms with E-state index in [2.05, 4.69) is 20.5 Å². The summed E-state index contributed by atoms with van der Waals surface area (Å²) in [6.07, 6.45) is 3.44. The summed E-state index contributed by atoms with van der Waals surface area (Å²) in [5.41, 5.74) is 6.13. The summed E-state index contributed by atoms with van der Waals surface area (Å²) in [6.45, 7) is 1.89. The summed E-state index contributed by atoms with van der Waals surface area (Å²) in [5, 5.41) is 6.38. The molecule has 9 heteroatoms. The molecular formula is C20H17Cl3N4OS. The van der Waals surface area contributed by atoms with E-state index >= 15 is 0 Å². The molecule has 0 unspecified atom stereocenters.